The molecule has 0 radical (unpaired) electrons. The molecule has 18 heavy (non-hydrogen) atoms. The Morgan fingerprint density at radius 1 is 1.33 bits per heavy atom. The Bertz CT molecular complexity index is 583. The lowest BCUT2D eigenvalue weighted by Gasteiger charge is -2.05. The molecule has 0 aliphatic heterocycles. The van der Waals surface area contributed by atoms with Gasteiger partial charge in [0.1, 0.15) is 0 Å². The average Bonchev–Trinajstić information content (AvgIpc) is 3.14. The Morgan fingerprint density at radius 3 is 2.94 bits per heavy atom. The largest absolute Gasteiger partial charge is 0.315 e. The molecular formula is C14H16N2OS. The van der Waals surface area contributed by atoms with Crippen LogP contribution in [0.2, 0.25) is 0 Å². The van der Waals surface area contributed by atoms with Crippen LogP contribution in [0.5, 0.6) is 0 Å². The molecule has 1 heterocycles. The fourth-order valence-electron chi connectivity index (χ4n) is 2.12. The fraction of sp³-hybridized carbons (Fsp3) is 0.357. The normalized spacial score (nSPS) is 14.9. The molecule has 2 aromatic rings. The first kappa shape index (κ1) is 11.7. The van der Waals surface area contributed by atoms with Gasteiger partial charge >= 0.3 is 4.87 Å². The third-order valence-electron chi connectivity index (χ3n) is 3.22. The van der Waals surface area contributed by atoms with Crippen molar-refractivity contribution in [1.29, 1.82) is 0 Å². The molecule has 0 spiro atoms. The molecule has 2 N–H and O–H groups in total. The Labute approximate surface area is 110 Å². The first-order valence-electron chi connectivity index (χ1n) is 6.27. The molecule has 1 fully saturated rings. The zero-order valence-electron chi connectivity index (χ0n) is 10.1. The second-order valence-corrected chi connectivity index (χ2v) is 5.64. The highest BCUT2D eigenvalue weighted by Crippen LogP contribution is 2.40. The van der Waals surface area contributed by atoms with Gasteiger partial charge in [0.25, 0.3) is 0 Å². The lowest BCUT2D eigenvalue weighted by atomic mass is 10.1. The number of thiazole rings is 1. The number of hydrogen-bond acceptors (Lipinski definition) is 3. The standard InChI is InChI=1S/C14H16N2OS/c17-14-16-13(9-18-14)8-15-7-10-2-1-3-12(6-10)11-4-5-11/h1-3,6,9,11,15H,4-5,7-8H2,(H,16,17). The molecule has 0 saturated heterocycles. The lowest BCUT2D eigenvalue weighted by Crippen LogP contribution is -2.13. The van der Waals surface area contributed by atoms with Crippen LogP contribution in [0.3, 0.4) is 0 Å². The van der Waals surface area contributed by atoms with E-state index in [0.717, 1.165) is 18.2 Å². The van der Waals surface area contributed by atoms with Crippen molar-refractivity contribution in [2.45, 2.75) is 31.8 Å². The van der Waals surface area contributed by atoms with E-state index in [-0.39, 0.29) is 4.87 Å². The van der Waals surface area contributed by atoms with Gasteiger partial charge in [-0.1, -0.05) is 35.6 Å². The summed E-state index contributed by atoms with van der Waals surface area (Å²) in [7, 11) is 0. The van der Waals surface area contributed by atoms with Crippen molar-refractivity contribution in [2.75, 3.05) is 0 Å². The molecule has 94 valence electrons. The maximum atomic E-state index is 11.0. The summed E-state index contributed by atoms with van der Waals surface area (Å²) in [6.45, 7) is 1.56. The number of aromatic amines is 1. The van der Waals surface area contributed by atoms with Crippen LogP contribution >= 0.6 is 11.3 Å². The van der Waals surface area contributed by atoms with E-state index in [0.29, 0.717) is 6.54 Å². The Hall–Kier alpha value is -1.39. The molecule has 1 aliphatic carbocycles. The molecule has 1 saturated carbocycles. The number of H-pyrrole nitrogens is 1. The van der Waals surface area contributed by atoms with Crippen molar-refractivity contribution < 1.29 is 0 Å². The van der Waals surface area contributed by atoms with Crippen molar-refractivity contribution in [3.05, 3.63) is 56.1 Å². The zero-order chi connectivity index (χ0) is 12.4. The third kappa shape index (κ3) is 2.89. The summed E-state index contributed by atoms with van der Waals surface area (Å²) in [5.74, 6) is 0.804. The van der Waals surface area contributed by atoms with E-state index in [1.54, 1.807) is 0 Å². The summed E-state index contributed by atoms with van der Waals surface area (Å²) in [6, 6.07) is 8.80. The van der Waals surface area contributed by atoms with Gasteiger partial charge in [0.05, 0.1) is 0 Å². The van der Waals surface area contributed by atoms with Crippen molar-refractivity contribution in [2.24, 2.45) is 0 Å². The van der Waals surface area contributed by atoms with E-state index in [9.17, 15) is 4.79 Å². The first-order chi connectivity index (χ1) is 8.81. The SMILES string of the molecule is O=c1[nH]c(CNCc2cccc(C3CC3)c2)cs1. The van der Waals surface area contributed by atoms with E-state index < -0.39 is 0 Å². The van der Waals surface area contributed by atoms with E-state index in [4.69, 9.17) is 0 Å². The molecular weight excluding hydrogens is 244 g/mol. The number of benzene rings is 1. The molecule has 0 atom stereocenters. The number of aromatic nitrogens is 1. The summed E-state index contributed by atoms with van der Waals surface area (Å²) >= 11 is 1.21. The lowest BCUT2D eigenvalue weighted by molar-refractivity contribution is 0.681. The van der Waals surface area contributed by atoms with Crippen LogP contribution in [-0.4, -0.2) is 4.98 Å². The minimum Gasteiger partial charge on any atom is -0.315 e. The molecule has 1 aromatic heterocycles. The summed E-state index contributed by atoms with van der Waals surface area (Å²) in [4.78, 5) is 13.8. The maximum Gasteiger partial charge on any atom is 0.304 e. The van der Waals surface area contributed by atoms with E-state index in [2.05, 4.69) is 34.6 Å². The van der Waals surface area contributed by atoms with Crippen LogP contribution in [0, 0.1) is 0 Å². The van der Waals surface area contributed by atoms with Gasteiger partial charge in [-0.15, -0.1) is 0 Å². The smallest absolute Gasteiger partial charge is 0.304 e. The van der Waals surface area contributed by atoms with Crippen LogP contribution in [0.25, 0.3) is 0 Å². The molecule has 4 heteroatoms. The van der Waals surface area contributed by atoms with Crippen molar-refractivity contribution >= 4 is 11.3 Å². The maximum absolute atomic E-state index is 11.0. The molecule has 1 aromatic carbocycles. The van der Waals surface area contributed by atoms with E-state index in [1.165, 1.54) is 35.3 Å². The molecule has 0 bridgehead atoms. The summed E-state index contributed by atoms with van der Waals surface area (Å²) in [5.41, 5.74) is 3.75. The van der Waals surface area contributed by atoms with Crippen LogP contribution in [0.4, 0.5) is 0 Å². The summed E-state index contributed by atoms with van der Waals surface area (Å²) in [6.07, 6.45) is 2.68. The number of nitrogens with one attached hydrogen (secondary N) is 2. The van der Waals surface area contributed by atoms with Gasteiger partial charge in [0.15, 0.2) is 0 Å². The minimum absolute atomic E-state index is 0.0162. The van der Waals surface area contributed by atoms with Crippen molar-refractivity contribution in [1.82, 2.24) is 10.3 Å². The van der Waals surface area contributed by atoms with E-state index in [1.807, 2.05) is 5.38 Å². The van der Waals surface area contributed by atoms with Gasteiger partial charge < -0.3 is 10.3 Å². The molecule has 1 aliphatic rings. The Balaban J connectivity index is 1.56. The quantitative estimate of drug-likeness (QED) is 0.868. The average molecular weight is 260 g/mol. The fourth-order valence-corrected chi connectivity index (χ4v) is 2.70. The second kappa shape index (κ2) is 5.08. The second-order valence-electron chi connectivity index (χ2n) is 4.80. The highest BCUT2D eigenvalue weighted by molar-refractivity contribution is 7.07. The first-order valence-corrected chi connectivity index (χ1v) is 7.15. The van der Waals surface area contributed by atoms with Crippen LogP contribution in [-0.2, 0) is 13.1 Å². The van der Waals surface area contributed by atoms with Crippen LogP contribution in [0.1, 0.15) is 35.6 Å². The molecule has 0 amide bonds. The highest BCUT2D eigenvalue weighted by atomic mass is 32.1. The van der Waals surface area contributed by atoms with Crippen molar-refractivity contribution in [3.63, 3.8) is 0 Å². The Morgan fingerprint density at radius 2 is 2.22 bits per heavy atom. The molecule has 3 rings (SSSR count). The zero-order valence-corrected chi connectivity index (χ0v) is 10.9. The van der Waals surface area contributed by atoms with Gasteiger partial charge in [0, 0.05) is 24.2 Å². The summed E-state index contributed by atoms with van der Waals surface area (Å²) in [5, 5.41) is 5.23. The predicted molar refractivity (Wildman–Crippen MR) is 73.9 cm³/mol. The Kier molecular flexibility index (Phi) is 3.30. The third-order valence-corrected chi connectivity index (χ3v) is 3.93. The van der Waals surface area contributed by atoms with Crippen molar-refractivity contribution in [3.8, 4) is 0 Å². The highest BCUT2D eigenvalue weighted by Gasteiger charge is 2.23. The molecule has 0 unspecified atom stereocenters. The van der Waals surface area contributed by atoms with Gasteiger partial charge in [-0.25, -0.2) is 0 Å². The number of hydrogen-bond donors (Lipinski definition) is 2. The number of rotatable bonds is 5. The minimum atomic E-state index is 0.0162. The van der Waals surface area contributed by atoms with Gasteiger partial charge in [-0.05, 0) is 29.9 Å². The topological polar surface area (TPSA) is 44.9 Å². The predicted octanol–water partition coefficient (Wildman–Crippen LogP) is 2.60. The van der Waals surface area contributed by atoms with Gasteiger partial charge in [-0.2, -0.15) is 0 Å². The summed E-state index contributed by atoms with van der Waals surface area (Å²) < 4.78 is 0. The van der Waals surface area contributed by atoms with Gasteiger partial charge in [0.2, 0.25) is 0 Å². The van der Waals surface area contributed by atoms with Gasteiger partial charge in [-0.3, -0.25) is 4.79 Å². The monoisotopic (exact) mass is 260 g/mol. The molecule has 3 nitrogen and oxygen atoms in total. The van der Waals surface area contributed by atoms with Crippen LogP contribution < -0.4 is 10.2 Å². The van der Waals surface area contributed by atoms with E-state index >= 15 is 0 Å². The van der Waals surface area contributed by atoms with Crippen LogP contribution in [0.15, 0.2) is 34.4 Å².